The zero-order valence-corrected chi connectivity index (χ0v) is 15.9. The van der Waals surface area contributed by atoms with Crippen LogP contribution in [0.4, 0.5) is 0 Å². The van der Waals surface area contributed by atoms with Gasteiger partial charge in [0, 0.05) is 17.4 Å². The van der Waals surface area contributed by atoms with E-state index in [0.717, 1.165) is 33.3 Å². The van der Waals surface area contributed by atoms with E-state index in [0.29, 0.717) is 25.2 Å². The summed E-state index contributed by atoms with van der Waals surface area (Å²) in [6.07, 6.45) is 0.537. The Balaban J connectivity index is 1.61. The van der Waals surface area contributed by atoms with Crippen LogP contribution in [0, 0.1) is 13.8 Å². The second-order valence-electron chi connectivity index (χ2n) is 7.41. The maximum absolute atomic E-state index is 13.1. The van der Waals surface area contributed by atoms with Crippen LogP contribution in [0.15, 0.2) is 42.5 Å². The summed E-state index contributed by atoms with van der Waals surface area (Å²) in [5, 5.41) is 12.1. The molecule has 1 fully saturated rings. The van der Waals surface area contributed by atoms with E-state index < -0.39 is 5.60 Å². The van der Waals surface area contributed by atoms with Gasteiger partial charge < -0.3 is 19.7 Å². The van der Waals surface area contributed by atoms with Gasteiger partial charge in [0.25, 0.3) is 5.91 Å². The van der Waals surface area contributed by atoms with Crippen LogP contribution in [0.3, 0.4) is 0 Å². The molecule has 5 heteroatoms. The van der Waals surface area contributed by atoms with E-state index in [2.05, 4.69) is 4.98 Å². The molecule has 1 atom stereocenters. The molecule has 5 nitrogen and oxygen atoms in total. The largest absolute Gasteiger partial charge is 0.497 e. The number of nitrogens with one attached hydrogen (secondary N) is 1. The number of carbonyl (C=O) groups excluding carboxylic acids is 1. The molecule has 2 N–H and O–H groups in total. The normalized spacial score (nSPS) is 19.6. The third-order valence-electron chi connectivity index (χ3n) is 5.60. The number of carbonyl (C=O) groups is 1. The molecule has 2 aromatic carbocycles. The van der Waals surface area contributed by atoms with Crippen molar-refractivity contribution in [3.63, 3.8) is 0 Å². The van der Waals surface area contributed by atoms with Gasteiger partial charge in [-0.15, -0.1) is 0 Å². The van der Waals surface area contributed by atoms with E-state index in [1.807, 2.05) is 56.3 Å². The van der Waals surface area contributed by atoms with Gasteiger partial charge in [0.1, 0.15) is 17.0 Å². The highest BCUT2D eigenvalue weighted by atomic mass is 16.5. The van der Waals surface area contributed by atoms with E-state index in [1.165, 1.54) is 0 Å². The van der Waals surface area contributed by atoms with E-state index in [4.69, 9.17) is 4.74 Å². The molecule has 1 aromatic heterocycles. The van der Waals surface area contributed by atoms with Crippen LogP contribution in [0.25, 0.3) is 10.9 Å². The molecule has 0 aliphatic carbocycles. The minimum absolute atomic E-state index is 0.0781. The SMILES string of the molecule is COc1ccc2[nH]c(C(=O)N3CC[C@@](O)(c4ccc(C)cc4)C3)c(C)c2c1. The monoisotopic (exact) mass is 364 g/mol. The molecular formula is C22H24N2O3. The molecule has 1 saturated heterocycles. The predicted molar refractivity (Wildman–Crippen MR) is 105 cm³/mol. The number of H-pyrrole nitrogens is 1. The third-order valence-corrected chi connectivity index (χ3v) is 5.60. The fraction of sp³-hybridized carbons (Fsp3) is 0.318. The minimum Gasteiger partial charge on any atom is -0.497 e. The lowest BCUT2D eigenvalue weighted by Gasteiger charge is -2.24. The number of methoxy groups -OCH3 is 1. The van der Waals surface area contributed by atoms with Crippen molar-refractivity contribution in [1.29, 1.82) is 0 Å². The minimum atomic E-state index is -0.994. The van der Waals surface area contributed by atoms with Gasteiger partial charge in [-0.25, -0.2) is 0 Å². The molecule has 0 spiro atoms. The number of aryl methyl sites for hydroxylation is 2. The van der Waals surface area contributed by atoms with Gasteiger partial charge in [-0.1, -0.05) is 29.8 Å². The van der Waals surface area contributed by atoms with Gasteiger partial charge in [0.05, 0.1) is 13.7 Å². The summed E-state index contributed by atoms with van der Waals surface area (Å²) in [5.74, 6) is 0.684. The maximum Gasteiger partial charge on any atom is 0.270 e. The van der Waals surface area contributed by atoms with Crippen LogP contribution in [0.5, 0.6) is 5.75 Å². The Morgan fingerprint density at radius 3 is 2.63 bits per heavy atom. The lowest BCUT2D eigenvalue weighted by Crippen LogP contribution is -2.34. The number of β-amino-alcohol motifs (C(OH)–C–C–N with tert-alkyl or cyclic N) is 1. The van der Waals surface area contributed by atoms with Crippen LogP contribution in [-0.2, 0) is 5.60 Å². The molecule has 4 rings (SSSR count). The van der Waals surface area contributed by atoms with Crippen molar-refractivity contribution in [3.8, 4) is 5.75 Å². The summed E-state index contributed by atoms with van der Waals surface area (Å²) in [6.45, 7) is 4.79. The number of benzene rings is 2. The molecule has 1 amide bonds. The van der Waals surface area contributed by atoms with Crippen LogP contribution < -0.4 is 4.74 Å². The van der Waals surface area contributed by atoms with Crippen molar-refractivity contribution >= 4 is 16.8 Å². The molecule has 1 aliphatic heterocycles. The van der Waals surface area contributed by atoms with Crippen molar-refractivity contribution in [2.45, 2.75) is 25.9 Å². The fourth-order valence-electron chi connectivity index (χ4n) is 3.87. The maximum atomic E-state index is 13.1. The number of nitrogens with zero attached hydrogens (tertiary/aromatic N) is 1. The van der Waals surface area contributed by atoms with E-state index >= 15 is 0 Å². The Hall–Kier alpha value is -2.79. The van der Waals surface area contributed by atoms with Crippen molar-refractivity contribution in [2.75, 3.05) is 20.2 Å². The Morgan fingerprint density at radius 1 is 1.19 bits per heavy atom. The zero-order chi connectivity index (χ0) is 19.2. The van der Waals surface area contributed by atoms with Crippen LogP contribution in [0.2, 0.25) is 0 Å². The van der Waals surface area contributed by atoms with Crippen molar-refractivity contribution < 1.29 is 14.6 Å². The van der Waals surface area contributed by atoms with Crippen molar-refractivity contribution in [3.05, 3.63) is 64.8 Å². The highest BCUT2D eigenvalue weighted by Crippen LogP contribution is 2.34. The first kappa shape index (κ1) is 17.6. The topological polar surface area (TPSA) is 65.6 Å². The zero-order valence-electron chi connectivity index (χ0n) is 15.9. The Bertz CT molecular complexity index is 1010. The smallest absolute Gasteiger partial charge is 0.270 e. The molecule has 3 aromatic rings. The summed E-state index contributed by atoms with van der Waals surface area (Å²) < 4.78 is 5.29. The molecule has 2 heterocycles. The van der Waals surface area contributed by atoms with Gasteiger partial charge in [-0.05, 0) is 49.6 Å². The number of hydrogen-bond acceptors (Lipinski definition) is 3. The number of hydrogen-bond donors (Lipinski definition) is 2. The van der Waals surface area contributed by atoms with Crippen molar-refractivity contribution in [1.82, 2.24) is 9.88 Å². The fourth-order valence-corrected chi connectivity index (χ4v) is 3.87. The first-order valence-electron chi connectivity index (χ1n) is 9.16. The first-order valence-corrected chi connectivity index (χ1v) is 9.16. The van der Waals surface area contributed by atoms with Gasteiger partial charge in [0.15, 0.2) is 0 Å². The predicted octanol–water partition coefficient (Wildman–Crippen LogP) is 3.53. The van der Waals surface area contributed by atoms with E-state index in [-0.39, 0.29) is 5.91 Å². The number of likely N-dealkylation sites (tertiary alicyclic amines) is 1. The lowest BCUT2D eigenvalue weighted by molar-refractivity contribution is 0.0415. The summed E-state index contributed by atoms with van der Waals surface area (Å²) >= 11 is 0. The Labute approximate surface area is 158 Å². The molecular weight excluding hydrogens is 340 g/mol. The molecule has 0 bridgehead atoms. The summed E-state index contributed by atoms with van der Waals surface area (Å²) in [5.41, 5.74) is 3.40. The lowest BCUT2D eigenvalue weighted by atomic mass is 9.92. The molecule has 0 radical (unpaired) electrons. The number of aromatic amines is 1. The van der Waals surface area contributed by atoms with E-state index in [1.54, 1.807) is 12.0 Å². The van der Waals surface area contributed by atoms with Crippen LogP contribution >= 0.6 is 0 Å². The molecule has 0 unspecified atom stereocenters. The van der Waals surface area contributed by atoms with Gasteiger partial charge in [-0.3, -0.25) is 4.79 Å². The molecule has 1 aliphatic rings. The third kappa shape index (κ3) is 2.98. The number of aromatic nitrogens is 1. The quantitative estimate of drug-likeness (QED) is 0.747. The Kier molecular flexibility index (Phi) is 4.19. The second kappa shape index (κ2) is 6.43. The van der Waals surface area contributed by atoms with Crippen LogP contribution in [-0.4, -0.2) is 41.1 Å². The number of ether oxygens (including phenoxy) is 1. The first-order chi connectivity index (χ1) is 12.9. The standard InChI is InChI=1S/C22H24N2O3/c1-14-4-6-16(7-5-14)22(26)10-11-24(13-22)21(25)20-15(2)18-12-17(27-3)8-9-19(18)23-20/h4-9,12,23,26H,10-11,13H2,1-3H3/t22-/m0/s1. The highest BCUT2D eigenvalue weighted by molar-refractivity contribution is 6.01. The van der Waals surface area contributed by atoms with Gasteiger partial charge >= 0.3 is 0 Å². The summed E-state index contributed by atoms with van der Waals surface area (Å²) in [6, 6.07) is 13.6. The Morgan fingerprint density at radius 2 is 1.93 bits per heavy atom. The summed E-state index contributed by atoms with van der Waals surface area (Å²) in [4.78, 5) is 18.1. The van der Waals surface area contributed by atoms with Crippen LogP contribution in [0.1, 0.15) is 33.6 Å². The average molecular weight is 364 g/mol. The molecule has 0 saturated carbocycles. The number of aliphatic hydroxyl groups is 1. The molecule has 27 heavy (non-hydrogen) atoms. The molecule has 140 valence electrons. The highest BCUT2D eigenvalue weighted by Gasteiger charge is 2.40. The number of fused-ring (bicyclic) bond motifs is 1. The van der Waals surface area contributed by atoms with E-state index in [9.17, 15) is 9.90 Å². The second-order valence-corrected chi connectivity index (χ2v) is 7.41. The number of rotatable bonds is 3. The van der Waals surface area contributed by atoms with Gasteiger partial charge in [-0.2, -0.15) is 0 Å². The van der Waals surface area contributed by atoms with Crippen molar-refractivity contribution in [2.24, 2.45) is 0 Å². The van der Waals surface area contributed by atoms with Gasteiger partial charge in [0.2, 0.25) is 0 Å². The number of amides is 1. The average Bonchev–Trinajstić information content (AvgIpc) is 3.23. The summed E-state index contributed by atoms with van der Waals surface area (Å²) in [7, 11) is 1.63.